The van der Waals surface area contributed by atoms with Gasteiger partial charge in [0.15, 0.2) is 5.78 Å². The minimum atomic E-state index is -0.750. The highest BCUT2D eigenvalue weighted by atomic mass is 16.6. The van der Waals surface area contributed by atoms with E-state index in [0.29, 0.717) is 19.0 Å². The lowest BCUT2D eigenvalue weighted by Crippen LogP contribution is -2.10. The Morgan fingerprint density at radius 1 is 0.660 bits per heavy atom. The molecular weight excluding hydrogens is 594 g/mol. The van der Waals surface area contributed by atoms with Crippen LogP contribution in [0.25, 0.3) is 6.08 Å². The standard InChI is InChI=1S/C39H49NO7/c1-3-5-7-8-9-10-11-12-13-15-29-46-34-22-16-31(17-23-34)18-26-37(41)33-21-27-38(36(30-33)40(43)44)47-39(42)32-19-24-35(25-20-32)45-28-14-6-4-2/h16-27,30H,3-15,28-29H2,1-2H3/b26-18+. The van der Waals surface area contributed by atoms with Gasteiger partial charge < -0.3 is 14.2 Å². The maximum absolute atomic E-state index is 12.8. The van der Waals surface area contributed by atoms with Crippen LogP contribution in [-0.2, 0) is 0 Å². The van der Waals surface area contributed by atoms with Crippen LogP contribution in [0.2, 0.25) is 0 Å². The summed E-state index contributed by atoms with van der Waals surface area (Å²) in [4.78, 5) is 36.6. The van der Waals surface area contributed by atoms with Crippen LogP contribution in [0.15, 0.2) is 72.8 Å². The van der Waals surface area contributed by atoms with E-state index < -0.39 is 22.4 Å². The molecule has 8 nitrogen and oxygen atoms in total. The zero-order chi connectivity index (χ0) is 33.7. The molecule has 0 aliphatic heterocycles. The topological polar surface area (TPSA) is 105 Å². The van der Waals surface area contributed by atoms with Crippen LogP contribution in [0.1, 0.15) is 124 Å². The normalized spacial score (nSPS) is 11.0. The Labute approximate surface area is 279 Å². The van der Waals surface area contributed by atoms with E-state index in [1.807, 2.05) is 24.3 Å². The van der Waals surface area contributed by atoms with Gasteiger partial charge in [-0.3, -0.25) is 14.9 Å². The number of esters is 1. The van der Waals surface area contributed by atoms with Gasteiger partial charge in [0.25, 0.3) is 0 Å². The molecule has 0 heterocycles. The van der Waals surface area contributed by atoms with Crippen molar-refractivity contribution in [3.05, 3.63) is 99.6 Å². The van der Waals surface area contributed by atoms with Gasteiger partial charge in [0.05, 0.1) is 23.7 Å². The van der Waals surface area contributed by atoms with Crippen molar-refractivity contribution >= 4 is 23.5 Å². The average Bonchev–Trinajstić information content (AvgIpc) is 3.09. The first kappa shape index (κ1) is 37.0. The number of carbonyl (C=O) groups excluding carboxylic acids is 2. The van der Waals surface area contributed by atoms with Gasteiger partial charge in [-0.2, -0.15) is 0 Å². The molecule has 0 N–H and O–H groups in total. The quantitative estimate of drug-likeness (QED) is 0.0192. The summed E-state index contributed by atoms with van der Waals surface area (Å²) in [5.41, 5.74) is 0.645. The molecule has 0 aliphatic carbocycles. The average molecular weight is 644 g/mol. The van der Waals surface area contributed by atoms with Crippen molar-refractivity contribution in [2.75, 3.05) is 13.2 Å². The molecule has 0 fully saturated rings. The van der Waals surface area contributed by atoms with Crippen molar-refractivity contribution in [2.24, 2.45) is 0 Å². The molecule has 8 heteroatoms. The largest absolute Gasteiger partial charge is 0.494 e. The number of rotatable bonds is 23. The van der Waals surface area contributed by atoms with Gasteiger partial charge >= 0.3 is 11.7 Å². The Bertz CT molecular complexity index is 1410. The maximum atomic E-state index is 12.8. The molecule has 0 amide bonds. The summed E-state index contributed by atoms with van der Waals surface area (Å²) in [7, 11) is 0. The third-order valence-electron chi connectivity index (χ3n) is 7.82. The smallest absolute Gasteiger partial charge is 0.343 e. The van der Waals surface area contributed by atoms with Crippen molar-refractivity contribution in [1.29, 1.82) is 0 Å². The molecule has 252 valence electrons. The Balaban J connectivity index is 1.46. The minimum Gasteiger partial charge on any atom is -0.494 e. The van der Waals surface area contributed by atoms with E-state index in [0.717, 1.165) is 43.1 Å². The van der Waals surface area contributed by atoms with Gasteiger partial charge in [-0.25, -0.2) is 4.79 Å². The summed E-state index contributed by atoms with van der Waals surface area (Å²) in [6.07, 6.45) is 18.9. The minimum absolute atomic E-state index is 0.105. The first-order chi connectivity index (χ1) is 22.9. The molecule has 0 atom stereocenters. The van der Waals surface area contributed by atoms with E-state index in [1.54, 1.807) is 30.3 Å². The fraction of sp³-hybridized carbons (Fsp3) is 0.436. The number of hydrogen-bond acceptors (Lipinski definition) is 7. The molecule has 0 radical (unpaired) electrons. The second kappa shape index (κ2) is 21.4. The SMILES string of the molecule is CCCCCCCCCCCCOc1ccc(/C=C/C(=O)c2ccc(OC(=O)c3ccc(OCCCCC)cc3)c([N+](=O)[O-])c2)cc1. The molecule has 3 aromatic carbocycles. The number of unbranched alkanes of at least 4 members (excludes halogenated alkanes) is 11. The zero-order valence-electron chi connectivity index (χ0n) is 27.9. The predicted molar refractivity (Wildman–Crippen MR) is 187 cm³/mol. The molecule has 0 saturated heterocycles. The van der Waals surface area contributed by atoms with Crippen molar-refractivity contribution in [3.63, 3.8) is 0 Å². The highest BCUT2D eigenvalue weighted by Gasteiger charge is 2.21. The zero-order valence-corrected chi connectivity index (χ0v) is 27.9. The summed E-state index contributed by atoms with van der Waals surface area (Å²) in [6.45, 7) is 5.62. The molecule has 0 aromatic heterocycles. The lowest BCUT2D eigenvalue weighted by Gasteiger charge is -2.08. The summed E-state index contributed by atoms with van der Waals surface area (Å²) in [5.74, 6) is -0.00334. The number of ketones is 1. The fourth-order valence-corrected chi connectivity index (χ4v) is 5.01. The van der Waals surface area contributed by atoms with E-state index in [1.165, 1.54) is 76.0 Å². The Morgan fingerprint density at radius 3 is 1.72 bits per heavy atom. The Kier molecular flexibility index (Phi) is 16.8. The van der Waals surface area contributed by atoms with Crippen LogP contribution < -0.4 is 14.2 Å². The van der Waals surface area contributed by atoms with E-state index in [4.69, 9.17) is 14.2 Å². The number of nitro benzene ring substituents is 1. The number of ether oxygens (including phenoxy) is 3. The first-order valence-electron chi connectivity index (χ1n) is 17.1. The highest BCUT2D eigenvalue weighted by Crippen LogP contribution is 2.29. The van der Waals surface area contributed by atoms with Crippen molar-refractivity contribution in [3.8, 4) is 17.2 Å². The molecule has 0 unspecified atom stereocenters. The van der Waals surface area contributed by atoms with Gasteiger partial charge in [0, 0.05) is 11.6 Å². The van der Waals surface area contributed by atoms with Gasteiger partial charge in [-0.15, -0.1) is 0 Å². The summed E-state index contributed by atoms with van der Waals surface area (Å²) in [5, 5.41) is 11.8. The molecular formula is C39H49NO7. The molecule has 0 bridgehead atoms. The van der Waals surface area contributed by atoms with Crippen LogP contribution in [0.5, 0.6) is 17.2 Å². The number of nitro groups is 1. The molecule has 47 heavy (non-hydrogen) atoms. The fourth-order valence-electron chi connectivity index (χ4n) is 5.01. The van der Waals surface area contributed by atoms with Crippen LogP contribution >= 0.6 is 0 Å². The lowest BCUT2D eigenvalue weighted by molar-refractivity contribution is -0.385. The van der Waals surface area contributed by atoms with E-state index in [2.05, 4.69) is 13.8 Å². The van der Waals surface area contributed by atoms with Crippen molar-refractivity contribution < 1.29 is 28.7 Å². The number of hydrogen-bond donors (Lipinski definition) is 0. The predicted octanol–water partition coefficient (Wildman–Crippen LogP) is 10.6. The van der Waals surface area contributed by atoms with E-state index in [9.17, 15) is 19.7 Å². The van der Waals surface area contributed by atoms with Gasteiger partial charge in [-0.05, 0) is 73.0 Å². The van der Waals surface area contributed by atoms with Crippen molar-refractivity contribution in [1.82, 2.24) is 0 Å². The molecule has 0 spiro atoms. The summed E-state index contributed by atoms with van der Waals surface area (Å²) >= 11 is 0. The summed E-state index contributed by atoms with van der Waals surface area (Å²) < 4.78 is 16.8. The van der Waals surface area contributed by atoms with Crippen LogP contribution in [0.4, 0.5) is 5.69 Å². The van der Waals surface area contributed by atoms with Crippen molar-refractivity contribution in [2.45, 2.75) is 97.3 Å². The second-order valence-electron chi connectivity index (χ2n) is 11.7. The molecule has 3 aromatic rings. The third-order valence-corrected chi connectivity index (χ3v) is 7.82. The maximum Gasteiger partial charge on any atom is 0.343 e. The van der Waals surface area contributed by atoms with E-state index in [-0.39, 0.29) is 16.9 Å². The lowest BCUT2D eigenvalue weighted by atomic mass is 10.1. The Morgan fingerprint density at radius 2 is 1.15 bits per heavy atom. The third kappa shape index (κ3) is 13.8. The van der Waals surface area contributed by atoms with Crippen LogP contribution in [-0.4, -0.2) is 29.9 Å². The van der Waals surface area contributed by atoms with Gasteiger partial charge in [-0.1, -0.05) is 103 Å². The first-order valence-corrected chi connectivity index (χ1v) is 17.1. The second-order valence-corrected chi connectivity index (χ2v) is 11.7. The molecule has 0 saturated carbocycles. The monoisotopic (exact) mass is 643 g/mol. The number of allylic oxidation sites excluding steroid dienone is 1. The van der Waals surface area contributed by atoms with Crippen LogP contribution in [0, 0.1) is 10.1 Å². The Hall–Kier alpha value is -4.46. The highest BCUT2D eigenvalue weighted by molar-refractivity contribution is 6.07. The summed E-state index contributed by atoms with van der Waals surface area (Å²) in [6, 6.07) is 17.6. The molecule has 0 aliphatic rings. The van der Waals surface area contributed by atoms with Crippen LogP contribution in [0.3, 0.4) is 0 Å². The van der Waals surface area contributed by atoms with Gasteiger partial charge in [0.2, 0.25) is 5.75 Å². The number of nitrogens with zero attached hydrogens (tertiary/aromatic N) is 1. The van der Waals surface area contributed by atoms with Gasteiger partial charge in [0.1, 0.15) is 11.5 Å². The molecule has 3 rings (SSSR count). The number of benzene rings is 3. The number of carbonyl (C=O) groups is 2. The van der Waals surface area contributed by atoms with E-state index >= 15 is 0 Å².